The molecule has 3 rings (SSSR count). The number of sulfonamides is 1. The van der Waals surface area contributed by atoms with Crippen LogP contribution in [0.25, 0.3) is 0 Å². The summed E-state index contributed by atoms with van der Waals surface area (Å²) in [7, 11) is -2.11. The average Bonchev–Trinajstić information content (AvgIpc) is 2.67. The highest BCUT2D eigenvalue weighted by molar-refractivity contribution is 7.92. The fraction of sp³-hybridized carbons (Fsp3) is 0.409. The van der Waals surface area contributed by atoms with Gasteiger partial charge in [0.25, 0.3) is 15.9 Å². The van der Waals surface area contributed by atoms with Crippen LogP contribution < -0.4 is 4.31 Å². The molecule has 0 N–H and O–H groups in total. The maximum Gasteiger partial charge on any atom is 0.264 e. The second-order valence-corrected chi connectivity index (χ2v) is 9.64. The summed E-state index contributed by atoms with van der Waals surface area (Å²) in [5.74, 6) is 0.00953. The summed E-state index contributed by atoms with van der Waals surface area (Å²) >= 11 is 0. The Balaban J connectivity index is 1.82. The molecular formula is C22H28N2O3S. The van der Waals surface area contributed by atoms with Gasteiger partial charge >= 0.3 is 0 Å². The Kier molecular flexibility index (Phi) is 5.79. The maximum atomic E-state index is 12.9. The molecule has 1 aliphatic rings. The van der Waals surface area contributed by atoms with Gasteiger partial charge in [0.15, 0.2) is 0 Å². The number of carbonyl (C=O) groups is 1. The van der Waals surface area contributed by atoms with Crippen molar-refractivity contribution in [2.24, 2.45) is 0 Å². The molecule has 1 saturated heterocycles. The Hall–Kier alpha value is -2.34. The predicted octanol–water partition coefficient (Wildman–Crippen LogP) is 4.22. The quantitative estimate of drug-likeness (QED) is 0.772. The molecule has 0 aliphatic carbocycles. The van der Waals surface area contributed by atoms with Gasteiger partial charge in [0, 0.05) is 24.7 Å². The van der Waals surface area contributed by atoms with E-state index in [1.54, 1.807) is 48.5 Å². The van der Waals surface area contributed by atoms with Gasteiger partial charge in [0.1, 0.15) is 0 Å². The molecule has 0 aromatic heterocycles. The molecule has 5 nitrogen and oxygen atoms in total. The molecule has 0 bridgehead atoms. The minimum Gasteiger partial charge on any atom is -0.333 e. The van der Waals surface area contributed by atoms with E-state index in [1.807, 2.05) is 11.8 Å². The van der Waals surface area contributed by atoms with Gasteiger partial charge < -0.3 is 4.90 Å². The van der Waals surface area contributed by atoms with Gasteiger partial charge in [-0.2, -0.15) is 0 Å². The lowest BCUT2D eigenvalue weighted by molar-refractivity contribution is 0.0511. The van der Waals surface area contributed by atoms with Crippen molar-refractivity contribution in [3.05, 3.63) is 59.7 Å². The summed E-state index contributed by atoms with van der Waals surface area (Å²) in [6.45, 7) is 6.09. The Morgan fingerprint density at radius 1 is 0.964 bits per heavy atom. The average molecular weight is 401 g/mol. The minimum atomic E-state index is -3.64. The number of anilines is 1. The summed E-state index contributed by atoms with van der Waals surface area (Å²) in [6.07, 6.45) is 3.18. The number of aryl methyl sites for hydroxylation is 1. The molecule has 6 heteroatoms. The zero-order valence-corrected chi connectivity index (χ0v) is 17.7. The third-order valence-electron chi connectivity index (χ3n) is 5.59. The number of hydrogen-bond donors (Lipinski definition) is 0. The zero-order chi connectivity index (χ0) is 20.5. The van der Waals surface area contributed by atoms with Gasteiger partial charge in [-0.3, -0.25) is 9.10 Å². The normalized spacial score (nSPS) is 20.1. The van der Waals surface area contributed by atoms with E-state index in [0.29, 0.717) is 11.3 Å². The van der Waals surface area contributed by atoms with Crippen molar-refractivity contribution in [1.29, 1.82) is 0 Å². The van der Waals surface area contributed by atoms with Gasteiger partial charge in [0.05, 0.1) is 10.6 Å². The summed E-state index contributed by atoms with van der Waals surface area (Å²) in [6, 6.07) is 14.0. The van der Waals surface area contributed by atoms with Gasteiger partial charge in [-0.15, -0.1) is 0 Å². The number of benzene rings is 2. The predicted molar refractivity (Wildman–Crippen MR) is 112 cm³/mol. The molecule has 0 radical (unpaired) electrons. The number of piperidine rings is 1. The topological polar surface area (TPSA) is 57.7 Å². The van der Waals surface area contributed by atoms with Gasteiger partial charge in [0.2, 0.25) is 0 Å². The van der Waals surface area contributed by atoms with E-state index >= 15 is 0 Å². The van der Waals surface area contributed by atoms with E-state index < -0.39 is 10.0 Å². The van der Waals surface area contributed by atoms with Crippen LogP contribution in [0.3, 0.4) is 0 Å². The van der Waals surface area contributed by atoms with Crippen LogP contribution in [0.15, 0.2) is 53.4 Å². The van der Waals surface area contributed by atoms with E-state index in [2.05, 4.69) is 13.8 Å². The molecule has 150 valence electrons. The third-order valence-corrected chi connectivity index (χ3v) is 7.39. The maximum absolute atomic E-state index is 12.9. The number of carbonyl (C=O) groups excluding carboxylic acids is 1. The Morgan fingerprint density at radius 2 is 1.50 bits per heavy atom. The van der Waals surface area contributed by atoms with Crippen LogP contribution in [0.2, 0.25) is 0 Å². The molecule has 0 spiro atoms. The highest BCUT2D eigenvalue weighted by Crippen LogP contribution is 2.26. The van der Waals surface area contributed by atoms with Crippen molar-refractivity contribution in [1.82, 2.24) is 4.90 Å². The molecular weight excluding hydrogens is 372 g/mol. The molecule has 1 amide bonds. The summed E-state index contributed by atoms with van der Waals surface area (Å²) in [5.41, 5.74) is 2.12. The van der Waals surface area contributed by atoms with E-state index in [4.69, 9.17) is 0 Å². The SMILES string of the molecule is Cc1ccc(S(=O)(=O)N(C)c2ccc(C(=O)N3[C@H](C)CCC[C@@H]3C)cc2)cc1. The van der Waals surface area contributed by atoms with Crippen molar-refractivity contribution >= 4 is 21.6 Å². The number of nitrogens with zero attached hydrogens (tertiary/aromatic N) is 2. The number of rotatable bonds is 4. The monoisotopic (exact) mass is 400 g/mol. The number of likely N-dealkylation sites (tertiary alicyclic amines) is 1. The first kappa shape index (κ1) is 20.4. The van der Waals surface area contributed by atoms with Crippen LogP contribution in [-0.4, -0.2) is 38.4 Å². The summed E-state index contributed by atoms with van der Waals surface area (Å²) in [5, 5.41) is 0. The smallest absolute Gasteiger partial charge is 0.264 e. The lowest BCUT2D eigenvalue weighted by Crippen LogP contribution is -2.47. The first-order chi connectivity index (χ1) is 13.2. The molecule has 2 aromatic rings. The largest absolute Gasteiger partial charge is 0.333 e. The Bertz CT molecular complexity index is 927. The molecule has 28 heavy (non-hydrogen) atoms. The molecule has 2 aromatic carbocycles. The lowest BCUT2D eigenvalue weighted by Gasteiger charge is -2.39. The fourth-order valence-electron chi connectivity index (χ4n) is 3.79. The molecule has 0 unspecified atom stereocenters. The van der Waals surface area contributed by atoms with Crippen molar-refractivity contribution in [2.75, 3.05) is 11.4 Å². The highest BCUT2D eigenvalue weighted by Gasteiger charge is 2.29. The zero-order valence-electron chi connectivity index (χ0n) is 16.9. The Morgan fingerprint density at radius 3 is 2.04 bits per heavy atom. The third kappa shape index (κ3) is 3.92. The van der Waals surface area contributed by atoms with E-state index in [9.17, 15) is 13.2 Å². The first-order valence-corrected chi connectivity index (χ1v) is 11.1. The molecule has 1 aliphatic heterocycles. The molecule has 1 fully saturated rings. The Labute approximate surface area is 168 Å². The summed E-state index contributed by atoms with van der Waals surface area (Å²) < 4.78 is 26.9. The van der Waals surface area contributed by atoms with E-state index in [-0.39, 0.29) is 22.9 Å². The van der Waals surface area contributed by atoms with Crippen LogP contribution in [0.1, 0.15) is 49.0 Å². The second kappa shape index (κ2) is 7.95. The van der Waals surface area contributed by atoms with Crippen molar-refractivity contribution in [3.63, 3.8) is 0 Å². The minimum absolute atomic E-state index is 0.00953. The first-order valence-electron chi connectivity index (χ1n) is 9.70. The van der Waals surface area contributed by atoms with Crippen LogP contribution >= 0.6 is 0 Å². The lowest BCUT2D eigenvalue weighted by atomic mass is 9.96. The van der Waals surface area contributed by atoms with Gasteiger partial charge in [-0.05, 0) is 76.4 Å². The van der Waals surface area contributed by atoms with Crippen LogP contribution in [0.4, 0.5) is 5.69 Å². The molecule has 0 saturated carbocycles. The van der Waals surface area contributed by atoms with Crippen molar-refractivity contribution < 1.29 is 13.2 Å². The van der Waals surface area contributed by atoms with Crippen LogP contribution in [0, 0.1) is 6.92 Å². The van der Waals surface area contributed by atoms with E-state index in [1.165, 1.54) is 11.4 Å². The second-order valence-electron chi connectivity index (χ2n) is 7.67. The van der Waals surface area contributed by atoms with Gasteiger partial charge in [-0.25, -0.2) is 8.42 Å². The van der Waals surface area contributed by atoms with Crippen molar-refractivity contribution in [3.8, 4) is 0 Å². The van der Waals surface area contributed by atoms with Crippen molar-refractivity contribution in [2.45, 2.75) is 57.0 Å². The number of amides is 1. The molecule has 2 atom stereocenters. The molecule has 1 heterocycles. The fourth-order valence-corrected chi connectivity index (χ4v) is 4.99. The summed E-state index contributed by atoms with van der Waals surface area (Å²) in [4.78, 5) is 15.1. The number of hydrogen-bond acceptors (Lipinski definition) is 3. The highest BCUT2D eigenvalue weighted by atomic mass is 32.2. The van der Waals surface area contributed by atoms with Crippen LogP contribution in [0.5, 0.6) is 0 Å². The van der Waals surface area contributed by atoms with Crippen LogP contribution in [-0.2, 0) is 10.0 Å². The standard InChI is InChI=1S/C22H28N2O3S/c1-16-8-14-21(15-9-16)28(26,27)23(4)20-12-10-19(11-13-20)22(25)24-17(2)6-5-7-18(24)3/h8-15,17-18H,5-7H2,1-4H3/t17-,18+. The van der Waals surface area contributed by atoms with Gasteiger partial charge in [-0.1, -0.05) is 17.7 Å². The van der Waals surface area contributed by atoms with E-state index in [0.717, 1.165) is 24.8 Å².